The monoisotopic (exact) mass is 426 g/mol. The summed E-state index contributed by atoms with van der Waals surface area (Å²) in [6.45, 7) is 2.30. The second-order valence-electron chi connectivity index (χ2n) is 7.47. The molecule has 3 rings (SSSR count). The number of methoxy groups -OCH3 is 2. The van der Waals surface area contributed by atoms with Crippen LogP contribution >= 0.6 is 0 Å². The van der Waals surface area contributed by atoms with E-state index in [0.717, 1.165) is 24.0 Å². The van der Waals surface area contributed by atoms with Crippen molar-refractivity contribution in [3.05, 3.63) is 53.9 Å². The molecule has 2 N–H and O–H groups in total. The fourth-order valence-electron chi connectivity index (χ4n) is 3.69. The van der Waals surface area contributed by atoms with Crippen LogP contribution in [0.4, 0.5) is 0 Å². The van der Waals surface area contributed by atoms with E-state index >= 15 is 0 Å². The molecule has 2 amide bonds. The molecule has 0 radical (unpaired) electrons. The van der Waals surface area contributed by atoms with E-state index < -0.39 is 6.04 Å². The molecule has 0 aliphatic carbocycles. The average Bonchev–Trinajstić information content (AvgIpc) is 2.80. The molecule has 1 aliphatic heterocycles. The number of carbonyl (C=O) groups excluding carboxylic acids is 2. The summed E-state index contributed by atoms with van der Waals surface area (Å²) < 4.78 is 10.7. The first kappa shape index (κ1) is 22.6. The molecule has 1 aliphatic rings. The quantitative estimate of drug-likeness (QED) is 0.560. The van der Waals surface area contributed by atoms with Crippen LogP contribution in [0.3, 0.4) is 0 Å². The lowest BCUT2D eigenvalue weighted by Crippen LogP contribution is -2.56. The minimum absolute atomic E-state index is 0.121. The van der Waals surface area contributed by atoms with Crippen molar-refractivity contribution in [2.75, 3.05) is 33.9 Å². The molecule has 31 heavy (non-hydrogen) atoms. The van der Waals surface area contributed by atoms with Gasteiger partial charge in [0.15, 0.2) is 0 Å². The van der Waals surface area contributed by atoms with E-state index in [1.165, 1.54) is 0 Å². The molecule has 0 bridgehead atoms. The minimum Gasteiger partial charge on any atom is -0.497 e. The van der Waals surface area contributed by atoms with Crippen molar-refractivity contribution in [1.29, 1.82) is 0 Å². The molecule has 1 fully saturated rings. The van der Waals surface area contributed by atoms with Crippen molar-refractivity contribution < 1.29 is 19.1 Å². The number of hydrogen-bond acceptors (Lipinski definition) is 6. The van der Waals surface area contributed by atoms with Gasteiger partial charge in [0.2, 0.25) is 11.8 Å². The van der Waals surface area contributed by atoms with E-state index in [9.17, 15) is 9.59 Å². The maximum Gasteiger partial charge on any atom is 0.237 e. The van der Waals surface area contributed by atoms with Gasteiger partial charge in [-0.3, -0.25) is 19.5 Å². The number of benzene rings is 1. The number of carbonyl (C=O) groups is 2. The van der Waals surface area contributed by atoms with Gasteiger partial charge in [0.25, 0.3) is 0 Å². The van der Waals surface area contributed by atoms with Gasteiger partial charge in [-0.2, -0.15) is 0 Å². The topological polar surface area (TPSA) is 92.8 Å². The Balaban J connectivity index is 1.55. The lowest BCUT2D eigenvalue weighted by atomic mass is 10.1. The minimum atomic E-state index is -0.515. The van der Waals surface area contributed by atoms with Crippen LogP contribution in [-0.2, 0) is 22.6 Å². The Labute approximate surface area is 182 Å². The van der Waals surface area contributed by atoms with Gasteiger partial charge in [-0.1, -0.05) is 12.1 Å². The number of piperazine rings is 1. The molecular weight excluding hydrogens is 396 g/mol. The molecule has 166 valence electrons. The van der Waals surface area contributed by atoms with E-state index in [1.54, 1.807) is 20.4 Å². The molecule has 0 saturated carbocycles. The Kier molecular flexibility index (Phi) is 8.23. The second kappa shape index (κ2) is 11.3. The highest BCUT2D eigenvalue weighted by molar-refractivity contribution is 5.88. The largest absolute Gasteiger partial charge is 0.497 e. The zero-order chi connectivity index (χ0) is 22.1. The molecule has 0 unspecified atom stereocenters. The van der Waals surface area contributed by atoms with Crippen molar-refractivity contribution >= 4 is 11.8 Å². The van der Waals surface area contributed by atoms with Crippen LogP contribution in [0.5, 0.6) is 11.5 Å². The van der Waals surface area contributed by atoms with E-state index in [1.807, 2.05) is 41.4 Å². The summed E-state index contributed by atoms with van der Waals surface area (Å²) in [7, 11) is 3.21. The lowest BCUT2D eigenvalue weighted by Gasteiger charge is -2.35. The van der Waals surface area contributed by atoms with Crippen LogP contribution in [0.15, 0.2) is 42.7 Å². The van der Waals surface area contributed by atoms with E-state index in [0.29, 0.717) is 37.7 Å². The highest BCUT2D eigenvalue weighted by Crippen LogP contribution is 2.27. The summed E-state index contributed by atoms with van der Waals surface area (Å²) in [5.41, 5.74) is 2.09. The van der Waals surface area contributed by atoms with Gasteiger partial charge in [-0.25, -0.2) is 0 Å². The second-order valence-corrected chi connectivity index (χ2v) is 7.47. The first-order valence-electron chi connectivity index (χ1n) is 10.5. The summed E-state index contributed by atoms with van der Waals surface area (Å²) in [5.74, 6) is 1.16. The highest BCUT2D eigenvalue weighted by Gasteiger charge is 2.32. The van der Waals surface area contributed by atoms with Crippen molar-refractivity contribution in [3.8, 4) is 11.5 Å². The number of nitrogens with one attached hydrogen (secondary N) is 2. The third-order valence-electron chi connectivity index (χ3n) is 5.38. The van der Waals surface area contributed by atoms with Gasteiger partial charge in [0.05, 0.1) is 26.7 Å². The number of ether oxygens (including phenoxy) is 2. The first-order valence-corrected chi connectivity index (χ1v) is 10.5. The Morgan fingerprint density at radius 2 is 2.16 bits per heavy atom. The Bertz CT molecular complexity index is 875. The molecule has 1 atom stereocenters. The third kappa shape index (κ3) is 6.42. The predicted molar refractivity (Wildman–Crippen MR) is 117 cm³/mol. The van der Waals surface area contributed by atoms with Crippen molar-refractivity contribution in [2.45, 2.75) is 31.8 Å². The number of hydrogen-bond donors (Lipinski definition) is 2. The van der Waals surface area contributed by atoms with Crippen molar-refractivity contribution in [3.63, 3.8) is 0 Å². The van der Waals surface area contributed by atoms with Crippen LogP contribution < -0.4 is 20.1 Å². The fraction of sp³-hybridized carbons (Fsp3) is 0.435. The van der Waals surface area contributed by atoms with Crippen LogP contribution in [0.2, 0.25) is 0 Å². The summed E-state index contributed by atoms with van der Waals surface area (Å²) >= 11 is 0. The number of nitrogens with zero attached hydrogens (tertiary/aromatic N) is 2. The normalized spacial score (nSPS) is 16.5. The first-order chi connectivity index (χ1) is 15.1. The fourth-order valence-corrected chi connectivity index (χ4v) is 3.69. The van der Waals surface area contributed by atoms with Crippen molar-refractivity contribution in [2.24, 2.45) is 0 Å². The highest BCUT2D eigenvalue weighted by atomic mass is 16.5. The maximum absolute atomic E-state index is 12.5. The molecule has 2 aromatic rings. The molecule has 1 aromatic heterocycles. The van der Waals surface area contributed by atoms with Crippen LogP contribution in [0, 0.1) is 0 Å². The summed E-state index contributed by atoms with van der Waals surface area (Å²) in [5, 5.41) is 5.81. The number of pyridine rings is 1. The van der Waals surface area contributed by atoms with Gasteiger partial charge in [0.1, 0.15) is 11.5 Å². The molecule has 1 aromatic carbocycles. The molecule has 2 heterocycles. The zero-order valence-electron chi connectivity index (χ0n) is 18.1. The van der Waals surface area contributed by atoms with Gasteiger partial charge in [-0.05, 0) is 30.5 Å². The molecule has 0 spiro atoms. The van der Waals surface area contributed by atoms with E-state index in [4.69, 9.17) is 9.47 Å². The van der Waals surface area contributed by atoms with Gasteiger partial charge in [0, 0.05) is 50.2 Å². The number of aromatic nitrogens is 1. The lowest BCUT2D eigenvalue weighted by molar-refractivity contribution is -0.134. The third-order valence-corrected chi connectivity index (χ3v) is 5.38. The standard InChI is InChI=1S/C23H30N4O4/c1-30-19-8-7-18(21(13-19)31-2)16-27-12-11-26-23(29)20(27)14-22(28)25-10-4-6-17-5-3-9-24-15-17/h3,5,7-9,13,15,20H,4,6,10-12,14,16H2,1-2H3,(H,25,28)(H,26,29)/t20-/m0/s1. The Morgan fingerprint density at radius 3 is 2.90 bits per heavy atom. The zero-order valence-corrected chi connectivity index (χ0v) is 18.1. The van der Waals surface area contributed by atoms with Crippen LogP contribution in [-0.4, -0.2) is 61.6 Å². The van der Waals surface area contributed by atoms with Gasteiger partial charge in [-0.15, -0.1) is 0 Å². The average molecular weight is 427 g/mol. The predicted octanol–water partition coefficient (Wildman–Crippen LogP) is 1.54. The van der Waals surface area contributed by atoms with Gasteiger partial charge < -0.3 is 20.1 Å². The summed E-state index contributed by atoms with van der Waals surface area (Å²) in [6.07, 6.45) is 5.37. The Hall–Kier alpha value is -3.13. The molecule has 1 saturated heterocycles. The maximum atomic E-state index is 12.5. The molecule has 8 nitrogen and oxygen atoms in total. The Morgan fingerprint density at radius 1 is 1.29 bits per heavy atom. The smallest absolute Gasteiger partial charge is 0.237 e. The summed E-state index contributed by atoms with van der Waals surface area (Å²) in [4.78, 5) is 31.1. The van der Waals surface area contributed by atoms with Crippen molar-refractivity contribution in [1.82, 2.24) is 20.5 Å². The van der Waals surface area contributed by atoms with E-state index in [2.05, 4.69) is 15.6 Å². The summed E-state index contributed by atoms with van der Waals surface area (Å²) in [6, 6.07) is 9.03. The SMILES string of the molecule is COc1ccc(CN2CCNC(=O)[C@@H]2CC(=O)NCCCc2cccnc2)c(OC)c1. The molecular formula is C23H30N4O4. The van der Waals surface area contributed by atoms with Crippen LogP contribution in [0.1, 0.15) is 24.0 Å². The number of rotatable bonds is 10. The van der Waals surface area contributed by atoms with Crippen LogP contribution in [0.25, 0.3) is 0 Å². The van der Waals surface area contributed by atoms with E-state index in [-0.39, 0.29) is 18.2 Å². The number of amides is 2. The number of aryl methyl sites for hydroxylation is 1. The molecule has 8 heteroatoms. The van der Waals surface area contributed by atoms with Gasteiger partial charge >= 0.3 is 0 Å².